The second-order valence-corrected chi connectivity index (χ2v) is 18.5. The molecule has 0 spiro atoms. The molecule has 2 aromatic heterocycles. The van der Waals surface area contributed by atoms with Gasteiger partial charge in [0.25, 0.3) is 0 Å². The number of hydrogen-bond donors (Lipinski definition) is 0. The normalized spacial score (nSPS) is 11.2. The van der Waals surface area contributed by atoms with Crippen molar-refractivity contribution in [3.8, 4) is 56.7 Å². The van der Waals surface area contributed by atoms with E-state index in [1.54, 1.807) is 0 Å². The largest absolute Gasteiger partial charge is 0.309 e. The first-order valence-electron chi connectivity index (χ1n) is 24.3. The molecule has 0 aliphatic rings. The quantitative estimate of drug-likeness (QED) is 0.127. The Morgan fingerprint density at radius 1 is 0.292 bits per heavy atom. The van der Waals surface area contributed by atoms with Gasteiger partial charge in [-0.1, -0.05) is 187 Å². The summed E-state index contributed by atoms with van der Waals surface area (Å²) >= 11 is 0. The SMILES string of the molecule is Cc1cc(C)c(N(c2ccc(N(c3nc(-c4ccccc4)nc(-c4cccc(-c5ccccc5)c4)n3)c3nc(-c4ccccc4)nc(-c4cccc5ccccc45)n3)cc2)c2c(C)cc(C)cc2C)c(C)c1. The summed E-state index contributed by atoms with van der Waals surface area (Å²) in [7, 11) is 0. The average Bonchev–Trinajstić information content (AvgIpc) is 3.41. The molecule has 72 heavy (non-hydrogen) atoms. The van der Waals surface area contributed by atoms with E-state index < -0.39 is 0 Å². The average molecular weight is 933 g/mol. The Bertz CT molecular complexity index is 3660. The van der Waals surface area contributed by atoms with Crippen LogP contribution in [0.5, 0.6) is 0 Å². The van der Waals surface area contributed by atoms with Crippen molar-refractivity contribution in [2.24, 2.45) is 0 Å². The monoisotopic (exact) mass is 932 g/mol. The third-order valence-corrected chi connectivity index (χ3v) is 13.1. The molecular weight excluding hydrogens is 881 g/mol. The Morgan fingerprint density at radius 3 is 1.22 bits per heavy atom. The molecule has 2 heterocycles. The van der Waals surface area contributed by atoms with Crippen molar-refractivity contribution < 1.29 is 0 Å². The van der Waals surface area contributed by atoms with Crippen LogP contribution in [0.25, 0.3) is 67.5 Å². The Labute approximate surface area is 421 Å². The zero-order valence-electron chi connectivity index (χ0n) is 41.2. The molecule has 0 unspecified atom stereocenters. The lowest BCUT2D eigenvalue weighted by atomic mass is 9.99. The minimum atomic E-state index is 0.345. The molecule has 0 amide bonds. The van der Waals surface area contributed by atoms with E-state index in [-0.39, 0.29) is 0 Å². The van der Waals surface area contributed by atoms with Crippen molar-refractivity contribution in [1.82, 2.24) is 29.9 Å². The van der Waals surface area contributed by atoms with E-state index in [0.717, 1.165) is 66.9 Å². The van der Waals surface area contributed by atoms with Gasteiger partial charge in [0.15, 0.2) is 23.3 Å². The number of aromatic nitrogens is 6. The number of benzene rings is 9. The van der Waals surface area contributed by atoms with Crippen LogP contribution in [0, 0.1) is 41.5 Å². The van der Waals surface area contributed by atoms with Gasteiger partial charge in [-0.2, -0.15) is 19.9 Å². The molecular formula is C64H52N8. The molecule has 0 saturated heterocycles. The number of anilines is 6. The van der Waals surface area contributed by atoms with Crippen molar-refractivity contribution in [1.29, 1.82) is 0 Å². The fourth-order valence-electron chi connectivity index (χ4n) is 9.99. The molecule has 0 aliphatic carbocycles. The standard InChI is InChI=1S/C64H52N8/c1-41-36-43(3)57(44(4)37-41)71(58-45(5)38-42(2)39-46(58)6)53-32-34-54(35-33-53)72(64-68-60(50-25-14-9-15-26-50)66-62(70-64)56-31-19-27-48-22-16-17-30-55(48)56)63-67-59(49-23-12-8-13-24-49)65-61(69-63)52-29-18-28-51(40-52)47-20-10-7-11-21-47/h7-40H,1-6H3. The predicted molar refractivity (Wildman–Crippen MR) is 296 cm³/mol. The highest BCUT2D eigenvalue weighted by Crippen LogP contribution is 2.44. The van der Waals surface area contributed by atoms with Crippen LogP contribution in [0.4, 0.5) is 34.6 Å². The summed E-state index contributed by atoms with van der Waals surface area (Å²) in [6.45, 7) is 13.1. The van der Waals surface area contributed by atoms with Crippen LogP contribution in [0.2, 0.25) is 0 Å². The van der Waals surface area contributed by atoms with Crippen molar-refractivity contribution in [2.45, 2.75) is 41.5 Å². The van der Waals surface area contributed by atoms with E-state index in [0.29, 0.717) is 35.2 Å². The molecule has 0 radical (unpaired) electrons. The minimum Gasteiger partial charge on any atom is -0.309 e. The summed E-state index contributed by atoms with van der Waals surface area (Å²) in [5.41, 5.74) is 16.8. The van der Waals surface area contributed by atoms with E-state index in [2.05, 4.69) is 168 Å². The molecule has 0 atom stereocenters. The summed E-state index contributed by atoms with van der Waals surface area (Å²) in [5, 5.41) is 2.11. The van der Waals surface area contributed by atoms with Gasteiger partial charge < -0.3 is 4.90 Å². The maximum atomic E-state index is 5.40. The van der Waals surface area contributed by atoms with Crippen molar-refractivity contribution in [2.75, 3.05) is 9.80 Å². The number of aryl methyl sites for hydroxylation is 6. The molecule has 0 aliphatic heterocycles. The Kier molecular flexibility index (Phi) is 12.2. The number of rotatable bonds is 11. The Balaban J connectivity index is 1.17. The van der Waals surface area contributed by atoms with Crippen LogP contribution in [0.3, 0.4) is 0 Å². The molecule has 0 N–H and O–H groups in total. The first-order valence-corrected chi connectivity index (χ1v) is 24.3. The van der Waals surface area contributed by atoms with Gasteiger partial charge in [-0.15, -0.1) is 0 Å². The fraction of sp³-hybridized carbons (Fsp3) is 0.0938. The molecule has 9 aromatic carbocycles. The predicted octanol–water partition coefficient (Wildman–Crippen LogP) is 16.3. The molecule has 11 aromatic rings. The lowest BCUT2D eigenvalue weighted by Crippen LogP contribution is -2.19. The Morgan fingerprint density at radius 2 is 0.681 bits per heavy atom. The van der Waals surface area contributed by atoms with Gasteiger partial charge in [0.2, 0.25) is 11.9 Å². The molecule has 0 bridgehead atoms. The van der Waals surface area contributed by atoms with Crippen LogP contribution in [-0.4, -0.2) is 29.9 Å². The van der Waals surface area contributed by atoms with Gasteiger partial charge in [-0.25, -0.2) is 14.9 Å². The summed E-state index contributed by atoms with van der Waals surface area (Å²) in [6.07, 6.45) is 0. The number of nitrogens with zero attached hydrogens (tertiary/aromatic N) is 8. The van der Waals surface area contributed by atoms with Crippen LogP contribution in [0.15, 0.2) is 206 Å². The summed E-state index contributed by atoms with van der Waals surface area (Å²) in [5.74, 6) is 2.74. The van der Waals surface area contributed by atoms with Crippen LogP contribution in [-0.2, 0) is 0 Å². The minimum absolute atomic E-state index is 0.345. The van der Waals surface area contributed by atoms with Crippen LogP contribution < -0.4 is 9.80 Å². The van der Waals surface area contributed by atoms with Crippen molar-refractivity contribution >= 4 is 45.4 Å². The molecule has 348 valence electrons. The van der Waals surface area contributed by atoms with Crippen LogP contribution >= 0.6 is 0 Å². The number of hydrogen-bond acceptors (Lipinski definition) is 8. The number of fused-ring (bicyclic) bond motifs is 1. The zero-order chi connectivity index (χ0) is 49.3. The molecule has 8 nitrogen and oxygen atoms in total. The topological polar surface area (TPSA) is 83.8 Å². The summed E-state index contributed by atoms with van der Waals surface area (Å²) in [4.78, 5) is 36.2. The lowest BCUT2D eigenvalue weighted by Gasteiger charge is -2.32. The Hall–Kier alpha value is -9.14. The highest BCUT2D eigenvalue weighted by Gasteiger charge is 2.27. The molecule has 0 fully saturated rings. The van der Waals surface area contributed by atoms with Gasteiger partial charge in [-0.3, -0.25) is 0 Å². The van der Waals surface area contributed by atoms with Gasteiger partial charge in [0.05, 0.1) is 17.1 Å². The van der Waals surface area contributed by atoms with E-state index in [9.17, 15) is 0 Å². The van der Waals surface area contributed by atoms with Gasteiger partial charge in [-0.05, 0) is 116 Å². The molecule has 0 saturated carbocycles. The van der Waals surface area contributed by atoms with Crippen molar-refractivity contribution in [3.05, 3.63) is 240 Å². The van der Waals surface area contributed by atoms with Gasteiger partial charge >= 0.3 is 0 Å². The summed E-state index contributed by atoms with van der Waals surface area (Å²) < 4.78 is 0. The highest BCUT2D eigenvalue weighted by atomic mass is 15.4. The van der Waals surface area contributed by atoms with Crippen LogP contribution in [0.1, 0.15) is 33.4 Å². The van der Waals surface area contributed by atoms with Gasteiger partial charge in [0, 0.05) is 27.9 Å². The second-order valence-electron chi connectivity index (χ2n) is 18.5. The van der Waals surface area contributed by atoms with E-state index in [4.69, 9.17) is 29.9 Å². The maximum absolute atomic E-state index is 5.40. The van der Waals surface area contributed by atoms with E-state index in [1.165, 1.54) is 33.4 Å². The maximum Gasteiger partial charge on any atom is 0.241 e. The second kappa shape index (κ2) is 19.3. The van der Waals surface area contributed by atoms with E-state index in [1.807, 2.05) is 89.8 Å². The first-order chi connectivity index (χ1) is 35.1. The third-order valence-electron chi connectivity index (χ3n) is 13.1. The smallest absolute Gasteiger partial charge is 0.241 e. The fourth-order valence-corrected chi connectivity index (χ4v) is 9.99. The van der Waals surface area contributed by atoms with E-state index >= 15 is 0 Å². The third kappa shape index (κ3) is 8.98. The zero-order valence-corrected chi connectivity index (χ0v) is 41.2. The first kappa shape index (κ1) is 45.3. The van der Waals surface area contributed by atoms with Crippen molar-refractivity contribution in [3.63, 3.8) is 0 Å². The molecule has 8 heteroatoms. The lowest BCUT2D eigenvalue weighted by molar-refractivity contribution is 0.964. The summed E-state index contributed by atoms with van der Waals surface area (Å²) in [6, 6.07) is 71.0. The highest BCUT2D eigenvalue weighted by molar-refractivity contribution is 5.95. The molecule has 11 rings (SSSR count). The van der Waals surface area contributed by atoms with Gasteiger partial charge in [0.1, 0.15) is 0 Å².